The Kier molecular flexibility index (Phi) is 13.5. The molecule has 0 saturated heterocycles. The molecule has 0 amide bonds. The first-order chi connectivity index (χ1) is 8.70. The van der Waals surface area contributed by atoms with Crippen LogP contribution in [0, 0.1) is 5.92 Å². The molecule has 1 atom stereocenters. The Morgan fingerprint density at radius 2 is 1.39 bits per heavy atom. The standard InChI is InChI=1S/C16H32OS/c1-3-5-6-7-8-9-10-11-12-13-15(4-2)14-16(17)18/h15H,3-14H2,1-2H3,(H,17,18). The molecule has 0 heterocycles. The van der Waals surface area contributed by atoms with Crippen molar-refractivity contribution in [3.8, 4) is 0 Å². The van der Waals surface area contributed by atoms with Crippen molar-refractivity contribution in [2.75, 3.05) is 0 Å². The summed E-state index contributed by atoms with van der Waals surface area (Å²) in [5.74, 6) is 0.569. The molecular weight excluding hydrogens is 240 g/mol. The lowest BCUT2D eigenvalue weighted by Gasteiger charge is -2.12. The number of carbonyl (C=O) groups is 1. The van der Waals surface area contributed by atoms with Crippen LogP contribution < -0.4 is 0 Å². The second-order valence-electron chi connectivity index (χ2n) is 5.49. The summed E-state index contributed by atoms with van der Waals surface area (Å²) >= 11 is 3.87. The van der Waals surface area contributed by atoms with Gasteiger partial charge in [0.05, 0.1) is 0 Å². The van der Waals surface area contributed by atoms with Gasteiger partial charge in [0.2, 0.25) is 0 Å². The van der Waals surface area contributed by atoms with Crippen LogP contribution >= 0.6 is 12.6 Å². The van der Waals surface area contributed by atoms with Crippen molar-refractivity contribution < 1.29 is 4.79 Å². The zero-order valence-electron chi connectivity index (χ0n) is 12.4. The van der Waals surface area contributed by atoms with Crippen LogP contribution in [0.2, 0.25) is 0 Å². The van der Waals surface area contributed by atoms with Crippen molar-refractivity contribution in [3.63, 3.8) is 0 Å². The fourth-order valence-corrected chi connectivity index (χ4v) is 2.70. The third kappa shape index (κ3) is 12.5. The minimum Gasteiger partial charge on any atom is -0.287 e. The summed E-state index contributed by atoms with van der Waals surface area (Å²) in [4.78, 5) is 10.9. The van der Waals surface area contributed by atoms with E-state index in [0.717, 1.165) is 6.42 Å². The Labute approximate surface area is 120 Å². The Bertz CT molecular complexity index is 192. The van der Waals surface area contributed by atoms with Gasteiger partial charge in [-0.2, -0.15) is 0 Å². The predicted molar refractivity (Wildman–Crippen MR) is 84.2 cm³/mol. The molecule has 0 saturated carbocycles. The van der Waals surface area contributed by atoms with Gasteiger partial charge in [-0.25, -0.2) is 0 Å². The molecule has 0 radical (unpaired) electrons. The van der Waals surface area contributed by atoms with Gasteiger partial charge in [0.25, 0.3) is 0 Å². The summed E-state index contributed by atoms with van der Waals surface area (Å²) in [7, 11) is 0. The Morgan fingerprint density at radius 1 is 0.889 bits per heavy atom. The molecule has 0 rings (SSSR count). The maximum atomic E-state index is 10.9. The molecule has 0 aliphatic carbocycles. The van der Waals surface area contributed by atoms with Gasteiger partial charge in [0, 0.05) is 6.42 Å². The highest BCUT2D eigenvalue weighted by atomic mass is 32.1. The van der Waals surface area contributed by atoms with Gasteiger partial charge >= 0.3 is 0 Å². The average Bonchev–Trinajstić information content (AvgIpc) is 2.35. The first kappa shape index (κ1) is 18.0. The topological polar surface area (TPSA) is 17.1 Å². The van der Waals surface area contributed by atoms with E-state index in [2.05, 4.69) is 26.5 Å². The minimum absolute atomic E-state index is 0.0535. The SMILES string of the molecule is CCCCCCCCCCCC(CC)CC(=O)S. The fraction of sp³-hybridized carbons (Fsp3) is 0.938. The van der Waals surface area contributed by atoms with Gasteiger partial charge in [-0.15, -0.1) is 12.6 Å². The van der Waals surface area contributed by atoms with Crippen LogP contribution in [0.3, 0.4) is 0 Å². The van der Waals surface area contributed by atoms with Crippen LogP contribution in [0.25, 0.3) is 0 Å². The van der Waals surface area contributed by atoms with Crippen LogP contribution in [-0.2, 0) is 4.79 Å². The van der Waals surface area contributed by atoms with E-state index in [1.165, 1.54) is 64.2 Å². The van der Waals surface area contributed by atoms with Gasteiger partial charge in [0.15, 0.2) is 5.12 Å². The largest absolute Gasteiger partial charge is 0.287 e. The first-order valence-electron chi connectivity index (χ1n) is 7.92. The smallest absolute Gasteiger partial charge is 0.186 e. The van der Waals surface area contributed by atoms with E-state index in [1.54, 1.807) is 0 Å². The average molecular weight is 272 g/mol. The summed E-state index contributed by atoms with van der Waals surface area (Å²) in [6.45, 7) is 4.44. The number of rotatable bonds is 13. The molecule has 2 heteroatoms. The molecule has 108 valence electrons. The van der Waals surface area contributed by atoms with Crippen molar-refractivity contribution >= 4 is 17.7 Å². The summed E-state index contributed by atoms with van der Waals surface area (Å²) in [6.07, 6.45) is 15.4. The molecule has 1 unspecified atom stereocenters. The summed E-state index contributed by atoms with van der Waals surface area (Å²) in [6, 6.07) is 0. The van der Waals surface area contributed by atoms with Gasteiger partial charge in [-0.05, 0) is 5.92 Å². The molecule has 1 nitrogen and oxygen atoms in total. The van der Waals surface area contributed by atoms with Crippen molar-refractivity contribution in [2.24, 2.45) is 5.92 Å². The number of hydrogen-bond acceptors (Lipinski definition) is 1. The van der Waals surface area contributed by atoms with E-state index in [1.807, 2.05) is 0 Å². The predicted octanol–water partition coefficient (Wildman–Crippen LogP) is 5.78. The molecule has 0 bridgehead atoms. The second kappa shape index (κ2) is 13.5. The molecule has 0 fully saturated rings. The molecule has 0 aromatic heterocycles. The summed E-state index contributed by atoms with van der Waals surface area (Å²) in [5, 5.41) is 0.0535. The lowest BCUT2D eigenvalue weighted by Crippen LogP contribution is -2.03. The van der Waals surface area contributed by atoms with Gasteiger partial charge in [-0.3, -0.25) is 4.79 Å². The van der Waals surface area contributed by atoms with Crippen molar-refractivity contribution in [3.05, 3.63) is 0 Å². The van der Waals surface area contributed by atoms with Gasteiger partial charge in [-0.1, -0.05) is 84.5 Å². The lowest BCUT2D eigenvalue weighted by molar-refractivity contribution is -0.111. The van der Waals surface area contributed by atoms with E-state index in [-0.39, 0.29) is 5.12 Å². The molecule has 0 aliphatic rings. The number of hydrogen-bond donors (Lipinski definition) is 1. The summed E-state index contributed by atoms with van der Waals surface area (Å²) in [5.41, 5.74) is 0. The normalized spacial score (nSPS) is 12.6. The van der Waals surface area contributed by atoms with E-state index < -0.39 is 0 Å². The summed E-state index contributed by atoms with van der Waals surface area (Å²) < 4.78 is 0. The number of thiol groups is 1. The van der Waals surface area contributed by atoms with Crippen molar-refractivity contribution in [1.82, 2.24) is 0 Å². The molecule has 0 aromatic carbocycles. The Balaban J connectivity index is 3.25. The molecule has 18 heavy (non-hydrogen) atoms. The van der Waals surface area contributed by atoms with Gasteiger partial charge < -0.3 is 0 Å². The van der Waals surface area contributed by atoms with Gasteiger partial charge in [0.1, 0.15) is 0 Å². The minimum atomic E-state index is 0.0535. The third-order valence-electron chi connectivity index (χ3n) is 3.76. The highest BCUT2D eigenvalue weighted by Gasteiger charge is 2.08. The number of unbranched alkanes of at least 4 members (excludes halogenated alkanes) is 8. The quantitative estimate of drug-likeness (QED) is 0.332. The molecule has 0 N–H and O–H groups in total. The molecule has 0 aliphatic heterocycles. The molecular formula is C16H32OS. The highest BCUT2D eigenvalue weighted by molar-refractivity contribution is 7.96. The Hall–Kier alpha value is 0.0200. The van der Waals surface area contributed by atoms with E-state index >= 15 is 0 Å². The van der Waals surface area contributed by atoms with Crippen LogP contribution in [0.5, 0.6) is 0 Å². The van der Waals surface area contributed by atoms with Crippen molar-refractivity contribution in [2.45, 2.75) is 90.9 Å². The Morgan fingerprint density at radius 3 is 1.83 bits per heavy atom. The zero-order valence-corrected chi connectivity index (χ0v) is 13.3. The van der Waals surface area contributed by atoms with Crippen LogP contribution in [-0.4, -0.2) is 5.12 Å². The first-order valence-corrected chi connectivity index (χ1v) is 8.37. The number of carbonyl (C=O) groups excluding carboxylic acids is 1. The van der Waals surface area contributed by atoms with Crippen LogP contribution in [0.4, 0.5) is 0 Å². The van der Waals surface area contributed by atoms with E-state index in [9.17, 15) is 4.79 Å². The molecule has 0 aromatic rings. The lowest BCUT2D eigenvalue weighted by atomic mass is 9.95. The van der Waals surface area contributed by atoms with E-state index in [0.29, 0.717) is 12.3 Å². The maximum Gasteiger partial charge on any atom is 0.186 e. The second-order valence-corrected chi connectivity index (χ2v) is 5.99. The fourth-order valence-electron chi connectivity index (χ4n) is 2.44. The highest BCUT2D eigenvalue weighted by Crippen LogP contribution is 2.19. The maximum absolute atomic E-state index is 10.9. The van der Waals surface area contributed by atoms with Crippen molar-refractivity contribution in [1.29, 1.82) is 0 Å². The molecule has 0 spiro atoms. The van der Waals surface area contributed by atoms with Crippen LogP contribution in [0.1, 0.15) is 90.9 Å². The third-order valence-corrected chi connectivity index (χ3v) is 3.94. The monoisotopic (exact) mass is 272 g/mol. The van der Waals surface area contributed by atoms with E-state index in [4.69, 9.17) is 0 Å². The van der Waals surface area contributed by atoms with Crippen LogP contribution in [0.15, 0.2) is 0 Å². The zero-order chi connectivity index (χ0) is 13.6.